The van der Waals surface area contributed by atoms with Gasteiger partial charge in [0.15, 0.2) is 5.82 Å². The SMILES string of the molecule is Oc1nnc(-c2cc3c(C=Cc4ccc(F)cc4)n[nH]c3cc2F)[nH]1. The van der Waals surface area contributed by atoms with Crippen LogP contribution in [0.5, 0.6) is 6.01 Å². The lowest BCUT2D eigenvalue weighted by atomic mass is 10.1. The van der Waals surface area contributed by atoms with Crippen LogP contribution in [0.4, 0.5) is 8.78 Å². The van der Waals surface area contributed by atoms with E-state index in [1.165, 1.54) is 18.2 Å². The van der Waals surface area contributed by atoms with Crippen LogP contribution >= 0.6 is 0 Å². The number of hydrogen-bond donors (Lipinski definition) is 3. The Balaban J connectivity index is 1.76. The number of benzene rings is 2. The monoisotopic (exact) mass is 339 g/mol. The van der Waals surface area contributed by atoms with E-state index in [2.05, 4.69) is 25.4 Å². The standard InChI is InChI=1S/C17H11F2N5O/c18-10-4-1-9(2-5-10)3-6-14-12-7-11(16-20-17(25)24-23-16)13(19)8-15(12)22-21-14/h1-8H,(H,21,22)(H2,20,23,24,25). The zero-order chi connectivity index (χ0) is 17.4. The minimum Gasteiger partial charge on any atom is -0.479 e. The van der Waals surface area contributed by atoms with Gasteiger partial charge in [0.25, 0.3) is 0 Å². The zero-order valence-corrected chi connectivity index (χ0v) is 12.7. The molecule has 0 radical (unpaired) electrons. The highest BCUT2D eigenvalue weighted by atomic mass is 19.1. The first kappa shape index (κ1) is 15.0. The molecule has 0 amide bonds. The van der Waals surface area contributed by atoms with Crippen molar-refractivity contribution in [2.75, 3.05) is 0 Å². The molecule has 0 bridgehead atoms. The largest absolute Gasteiger partial charge is 0.479 e. The van der Waals surface area contributed by atoms with Gasteiger partial charge in [-0.3, -0.25) is 10.1 Å². The van der Waals surface area contributed by atoms with Gasteiger partial charge in [-0.2, -0.15) is 5.10 Å². The molecule has 0 atom stereocenters. The van der Waals surface area contributed by atoms with Gasteiger partial charge in [0.05, 0.1) is 16.8 Å². The van der Waals surface area contributed by atoms with E-state index >= 15 is 0 Å². The van der Waals surface area contributed by atoms with Gasteiger partial charge in [0.1, 0.15) is 11.6 Å². The van der Waals surface area contributed by atoms with Crippen molar-refractivity contribution >= 4 is 23.1 Å². The quantitative estimate of drug-likeness (QED) is 0.533. The Hall–Kier alpha value is -3.55. The van der Waals surface area contributed by atoms with Crippen LogP contribution in [-0.2, 0) is 0 Å². The van der Waals surface area contributed by atoms with Crippen molar-refractivity contribution in [2.24, 2.45) is 0 Å². The second-order valence-corrected chi connectivity index (χ2v) is 5.37. The predicted molar refractivity (Wildman–Crippen MR) is 88.4 cm³/mol. The van der Waals surface area contributed by atoms with Gasteiger partial charge in [0.2, 0.25) is 0 Å². The topological polar surface area (TPSA) is 90.5 Å². The molecule has 8 heteroatoms. The molecule has 3 N–H and O–H groups in total. The predicted octanol–water partition coefficient (Wildman–Crippen LogP) is 3.50. The molecule has 4 rings (SSSR count). The van der Waals surface area contributed by atoms with E-state index in [1.807, 2.05) is 0 Å². The van der Waals surface area contributed by atoms with Crippen LogP contribution in [0.3, 0.4) is 0 Å². The highest BCUT2D eigenvalue weighted by molar-refractivity contribution is 5.92. The molecule has 0 saturated carbocycles. The van der Waals surface area contributed by atoms with Crippen molar-refractivity contribution < 1.29 is 13.9 Å². The Morgan fingerprint density at radius 1 is 1.00 bits per heavy atom. The summed E-state index contributed by atoms with van der Waals surface area (Å²) in [6.45, 7) is 0. The summed E-state index contributed by atoms with van der Waals surface area (Å²) in [6, 6.07) is 8.49. The maximum Gasteiger partial charge on any atom is 0.311 e. The number of hydrogen-bond acceptors (Lipinski definition) is 4. The molecule has 4 aromatic rings. The van der Waals surface area contributed by atoms with Crippen molar-refractivity contribution in [2.45, 2.75) is 0 Å². The van der Waals surface area contributed by atoms with E-state index in [0.717, 1.165) is 5.56 Å². The first-order valence-electron chi connectivity index (χ1n) is 7.33. The molecule has 25 heavy (non-hydrogen) atoms. The van der Waals surface area contributed by atoms with Gasteiger partial charge in [0, 0.05) is 11.5 Å². The fourth-order valence-corrected chi connectivity index (χ4v) is 2.49. The maximum atomic E-state index is 14.2. The molecular formula is C17H11F2N5O. The third kappa shape index (κ3) is 2.85. The number of rotatable bonds is 3. The molecule has 124 valence electrons. The number of aromatic hydroxyl groups is 1. The highest BCUT2D eigenvalue weighted by Crippen LogP contribution is 2.27. The lowest BCUT2D eigenvalue weighted by Gasteiger charge is -2.00. The Kier molecular flexibility index (Phi) is 3.50. The number of aromatic nitrogens is 5. The number of fused-ring (bicyclic) bond motifs is 1. The Morgan fingerprint density at radius 2 is 1.80 bits per heavy atom. The van der Waals surface area contributed by atoms with E-state index < -0.39 is 11.8 Å². The minimum absolute atomic E-state index is 0.117. The smallest absolute Gasteiger partial charge is 0.311 e. The van der Waals surface area contributed by atoms with E-state index in [0.29, 0.717) is 16.6 Å². The average molecular weight is 339 g/mol. The van der Waals surface area contributed by atoms with Crippen LogP contribution in [0.2, 0.25) is 0 Å². The second-order valence-electron chi connectivity index (χ2n) is 5.37. The lowest BCUT2D eigenvalue weighted by molar-refractivity contribution is 0.433. The van der Waals surface area contributed by atoms with Gasteiger partial charge in [-0.15, -0.1) is 5.10 Å². The average Bonchev–Trinajstić information content (AvgIpc) is 3.19. The van der Waals surface area contributed by atoms with Crippen LogP contribution in [0.15, 0.2) is 36.4 Å². The minimum atomic E-state index is -0.527. The number of aromatic amines is 2. The molecule has 0 aliphatic heterocycles. The van der Waals surface area contributed by atoms with E-state index in [4.69, 9.17) is 0 Å². The maximum absolute atomic E-state index is 14.2. The van der Waals surface area contributed by atoms with Gasteiger partial charge < -0.3 is 5.11 Å². The molecule has 0 fully saturated rings. The van der Waals surface area contributed by atoms with Crippen molar-refractivity contribution in [1.29, 1.82) is 0 Å². The Morgan fingerprint density at radius 3 is 2.52 bits per heavy atom. The summed E-state index contributed by atoms with van der Waals surface area (Å²) < 4.78 is 27.2. The first-order chi connectivity index (χ1) is 12.1. The number of halogens is 2. The molecule has 0 saturated heterocycles. The Bertz CT molecular complexity index is 1080. The summed E-state index contributed by atoms with van der Waals surface area (Å²) in [7, 11) is 0. The number of nitrogens with one attached hydrogen (secondary N) is 2. The van der Waals surface area contributed by atoms with Crippen molar-refractivity contribution in [3.05, 3.63) is 59.3 Å². The van der Waals surface area contributed by atoms with Crippen LogP contribution in [-0.4, -0.2) is 30.5 Å². The highest BCUT2D eigenvalue weighted by Gasteiger charge is 2.14. The van der Waals surface area contributed by atoms with Crippen LogP contribution in [0, 0.1) is 11.6 Å². The number of nitrogens with zero attached hydrogens (tertiary/aromatic N) is 3. The van der Waals surface area contributed by atoms with Crippen molar-refractivity contribution in [1.82, 2.24) is 25.4 Å². The molecule has 0 spiro atoms. The fourth-order valence-electron chi connectivity index (χ4n) is 2.49. The summed E-state index contributed by atoms with van der Waals surface area (Å²) in [5.41, 5.74) is 2.08. The first-order valence-corrected chi connectivity index (χ1v) is 7.33. The summed E-state index contributed by atoms with van der Waals surface area (Å²) in [4.78, 5) is 2.48. The zero-order valence-electron chi connectivity index (χ0n) is 12.7. The number of H-pyrrole nitrogens is 2. The molecule has 0 aliphatic rings. The third-order valence-corrected chi connectivity index (χ3v) is 3.71. The van der Waals surface area contributed by atoms with Crippen LogP contribution in [0.1, 0.15) is 11.3 Å². The molecule has 0 unspecified atom stereocenters. The summed E-state index contributed by atoms with van der Waals surface area (Å²) in [5, 5.41) is 24.0. The van der Waals surface area contributed by atoms with Crippen LogP contribution in [0.25, 0.3) is 34.4 Å². The summed E-state index contributed by atoms with van der Waals surface area (Å²) in [6.07, 6.45) is 3.52. The van der Waals surface area contributed by atoms with Crippen molar-refractivity contribution in [3.8, 4) is 17.4 Å². The summed E-state index contributed by atoms with van der Waals surface area (Å²) in [5.74, 6) is -0.717. The third-order valence-electron chi connectivity index (χ3n) is 3.71. The molecule has 2 aromatic carbocycles. The van der Waals surface area contributed by atoms with Gasteiger partial charge in [-0.05, 0) is 29.8 Å². The Labute approximate surface area is 139 Å². The van der Waals surface area contributed by atoms with Gasteiger partial charge >= 0.3 is 6.01 Å². The van der Waals surface area contributed by atoms with Crippen molar-refractivity contribution in [3.63, 3.8) is 0 Å². The lowest BCUT2D eigenvalue weighted by Crippen LogP contribution is -1.87. The molecule has 6 nitrogen and oxygen atoms in total. The summed E-state index contributed by atoms with van der Waals surface area (Å²) >= 11 is 0. The molecular weight excluding hydrogens is 328 g/mol. The van der Waals surface area contributed by atoms with Gasteiger partial charge in [-0.25, -0.2) is 8.78 Å². The molecule has 0 aliphatic carbocycles. The van der Waals surface area contributed by atoms with Gasteiger partial charge in [-0.1, -0.05) is 23.3 Å². The van der Waals surface area contributed by atoms with E-state index in [9.17, 15) is 13.9 Å². The fraction of sp³-hybridized carbons (Fsp3) is 0. The molecule has 2 heterocycles. The van der Waals surface area contributed by atoms with E-state index in [-0.39, 0.29) is 17.2 Å². The normalized spacial score (nSPS) is 11.6. The second kappa shape index (κ2) is 5.82. The van der Waals surface area contributed by atoms with E-state index in [1.54, 1.807) is 30.4 Å². The molecule has 2 aromatic heterocycles. The van der Waals surface area contributed by atoms with Crippen LogP contribution < -0.4 is 0 Å².